The van der Waals surface area contributed by atoms with Gasteiger partial charge in [-0.25, -0.2) is 0 Å². The first-order valence-corrected chi connectivity index (χ1v) is 4.86. The average molecular weight is 182 g/mol. The Kier molecular flexibility index (Phi) is 5.77. The van der Waals surface area contributed by atoms with Crippen LogP contribution in [0.2, 0.25) is 0 Å². The molecule has 0 aromatic carbocycles. The Bertz CT molecular complexity index is 167. The maximum absolute atomic E-state index is 5.29. The van der Waals surface area contributed by atoms with Gasteiger partial charge in [-0.2, -0.15) is 0 Å². The van der Waals surface area contributed by atoms with Gasteiger partial charge >= 0.3 is 0 Å². The van der Waals surface area contributed by atoms with E-state index >= 15 is 0 Å². The van der Waals surface area contributed by atoms with Crippen molar-refractivity contribution < 1.29 is 0 Å². The van der Waals surface area contributed by atoms with Gasteiger partial charge in [-0.1, -0.05) is 26.7 Å². The molecule has 0 heterocycles. The van der Waals surface area contributed by atoms with Crippen LogP contribution >= 0.6 is 0 Å². The van der Waals surface area contributed by atoms with Crippen LogP contribution in [0.25, 0.3) is 0 Å². The molecule has 0 saturated heterocycles. The van der Waals surface area contributed by atoms with E-state index in [4.69, 9.17) is 6.42 Å². The van der Waals surface area contributed by atoms with Crippen molar-refractivity contribution in [3.63, 3.8) is 0 Å². The molecule has 13 heavy (non-hydrogen) atoms. The molecular weight excluding hydrogens is 160 g/mol. The van der Waals surface area contributed by atoms with E-state index in [1.165, 1.54) is 0 Å². The summed E-state index contributed by atoms with van der Waals surface area (Å²) in [7, 11) is 1.99. The van der Waals surface area contributed by atoms with Crippen molar-refractivity contribution in [3.8, 4) is 12.3 Å². The Labute approximate surface area is 82.7 Å². The Hall–Kier alpha value is -0.520. The molecule has 1 N–H and O–H groups in total. The lowest BCUT2D eigenvalue weighted by Gasteiger charge is -2.30. The zero-order valence-electron chi connectivity index (χ0n) is 9.35. The highest BCUT2D eigenvalue weighted by Gasteiger charge is 2.19. The molecule has 2 heteroatoms. The molecule has 0 aliphatic carbocycles. The van der Waals surface area contributed by atoms with E-state index in [0.717, 1.165) is 26.2 Å². The van der Waals surface area contributed by atoms with E-state index in [0.29, 0.717) is 5.41 Å². The van der Waals surface area contributed by atoms with Crippen molar-refractivity contribution in [2.24, 2.45) is 5.41 Å². The van der Waals surface area contributed by atoms with E-state index in [1.54, 1.807) is 0 Å². The van der Waals surface area contributed by atoms with Crippen LogP contribution < -0.4 is 5.32 Å². The van der Waals surface area contributed by atoms with Crippen molar-refractivity contribution in [1.29, 1.82) is 0 Å². The minimum atomic E-state index is 0.293. The number of nitrogens with one attached hydrogen (secondary N) is 1. The van der Waals surface area contributed by atoms with Gasteiger partial charge in [0.05, 0.1) is 6.54 Å². The van der Waals surface area contributed by atoms with Crippen LogP contribution in [-0.2, 0) is 0 Å². The van der Waals surface area contributed by atoms with Gasteiger partial charge in [0.1, 0.15) is 0 Å². The largest absolute Gasteiger partial charge is 0.319 e. The summed E-state index contributed by atoms with van der Waals surface area (Å²) < 4.78 is 0. The van der Waals surface area contributed by atoms with Gasteiger partial charge in [-0.05, 0) is 19.0 Å². The molecule has 2 nitrogen and oxygen atoms in total. The van der Waals surface area contributed by atoms with Gasteiger partial charge in [-0.15, -0.1) is 6.42 Å². The molecule has 0 radical (unpaired) electrons. The van der Waals surface area contributed by atoms with Crippen molar-refractivity contribution in [1.82, 2.24) is 10.2 Å². The van der Waals surface area contributed by atoms with E-state index < -0.39 is 0 Å². The summed E-state index contributed by atoms with van der Waals surface area (Å²) in [4.78, 5) is 2.29. The van der Waals surface area contributed by atoms with E-state index in [1.807, 2.05) is 7.05 Å². The van der Waals surface area contributed by atoms with E-state index in [2.05, 4.69) is 36.9 Å². The summed E-state index contributed by atoms with van der Waals surface area (Å²) in [5.74, 6) is 2.69. The average Bonchev–Trinajstić information content (AvgIpc) is 2.03. The molecule has 0 fully saturated rings. The Balaban J connectivity index is 3.98. The fraction of sp³-hybridized carbons (Fsp3) is 0.818. The monoisotopic (exact) mass is 182 g/mol. The normalized spacial score (nSPS) is 11.7. The highest BCUT2D eigenvalue weighted by molar-refractivity contribution is 4.89. The summed E-state index contributed by atoms with van der Waals surface area (Å²) in [6, 6.07) is 0. The number of terminal acetylenes is 1. The van der Waals surface area contributed by atoms with Crippen LogP contribution in [-0.4, -0.2) is 38.1 Å². The van der Waals surface area contributed by atoms with Gasteiger partial charge in [0.25, 0.3) is 0 Å². The smallest absolute Gasteiger partial charge is 0.0599 e. The predicted octanol–water partition coefficient (Wildman–Crippen LogP) is 1.19. The Morgan fingerprint density at radius 1 is 1.46 bits per heavy atom. The second-order valence-electron chi connectivity index (χ2n) is 4.20. The van der Waals surface area contributed by atoms with Crippen LogP contribution in [0.1, 0.15) is 20.8 Å². The first-order chi connectivity index (χ1) is 6.05. The minimum Gasteiger partial charge on any atom is -0.319 e. The number of hydrogen-bond donors (Lipinski definition) is 1. The van der Waals surface area contributed by atoms with Crippen molar-refractivity contribution in [3.05, 3.63) is 0 Å². The minimum absolute atomic E-state index is 0.293. The van der Waals surface area contributed by atoms with Gasteiger partial charge in [-0.3, -0.25) is 4.90 Å². The van der Waals surface area contributed by atoms with Crippen molar-refractivity contribution in [2.45, 2.75) is 20.8 Å². The zero-order valence-corrected chi connectivity index (χ0v) is 9.35. The van der Waals surface area contributed by atoms with Crippen LogP contribution in [0.3, 0.4) is 0 Å². The molecule has 0 atom stereocenters. The molecule has 0 spiro atoms. The van der Waals surface area contributed by atoms with Gasteiger partial charge in [0.15, 0.2) is 0 Å². The third-order valence-corrected chi connectivity index (χ3v) is 2.07. The Morgan fingerprint density at radius 2 is 2.08 bits per heavy atom. The topological polar surface area (TPSA) is 15.3 Å². The predicted molar refractivity (Wildman–Crippen MR) is 58.7 cm³/mol. The number of hydrogen-bond acceptors (Lipinski definition) is 2. The third-order valence-electron chi connectivity index (χ3n) is 2.07. The molecule has 76 valence electrons. The molecule has 0 aliphatic rings. The summed E-state index contributed by atoms with van der Waals surface area (Å²) in [5.41, 5.74) is 0.293. The second kappa shape index (κ2) is 6.01. The van der Waals surface area contributed by atoms with E-state index in [-0.39, 0.29) is 0 Å². The number of rotatable bonds is 6. The lowest BCUT2D eigenvalue weighted by Crippen LogP contribution is -2.39. The fourth-order valence-corrected chi connectivity index (χ4v) is 1.55. The first kappa shape index (κ1) is 12.5. The van der Waals surface area contributed by atoms with Crippen molar-refractivity contribution in [2.75, 3.05) is 33.2 Å². The van der Waals surface area contributed by atoms with Crippen LogP contribution in [0.5, 0.6) is 0 Å². The Morgan fingerprint density at radius 3 is 2.46 bits per heavy atom. The molecule has 0 rings (SSSR count). The molecule has 0 bridgehead atoms. The van der Waals surface area contributed by atoms with Crippen LogP contribution in [0.15, 0.2) is 0 Å². The highest BCUT2D eigenvalue weighted by atomic mass is 15.1. The molecule has 0 amide bonds. The summed E-state index contributed by atoms with van der Waals surface area (Å²) in [5, 5.41) is 3.20. The summed E-state index contributed by atoms with van der Waals surface area (Å²) >= 11 is 0. The van der Waals surface area contributed by atoms with Gasteiger partial charge < -0.3 is 5.32 Å². The van der Waals surface area contributed by atoms with Crippen LogP contribution in [0.4, 0.5) is 0 Å². The molecule has 0 aromatic rings. The first-order valence-electron chi connectivity index (χ1n) is 4.86. The number of nitrogens with zero attached hydrogens (tertiary/aromatic N) is 1. The summed E-state index contributed by atoms with van der Waals surface area (Å²) in [6.45, 7) is 10.5. The fourth-order valence-electron chi connectivity index (χ4n) is 1.55. The highest BCUT2D eigenvalue weighted by Crippen LogP contribution is 2.15. The third kappa shape index (κ3) is 5.68. The maximum atomic E-state index is 5.29. The SMILES string of the molecule is C#CCN(CC)CC(C)(C)CNC. The molecule has 0 unspecified atom stereocenters. The van der Waals surface area contributed by atoms with Crippen LogP contribution in [0, 0.1) is 17.8 Å². The lowest BCUT2D eigenvalue weighted by atomic mass is 9.93. The molecular formula is C11H22N2. The quantitative estimate of drug-likeness (QED) is 0.621. The molecule has 0 aliphatic heterocycles. The zero-order chi connectivity index (χ0) is 10.3. The standard InChI is InChI=1S/C11H22N2/c1-6-8-13(7-2)10-11(3,4)9-12-5/h1,12H,7-10H2,2-5H3. The molecule has 0 aromatic heterocycles. The van der Waals surface area contributed by atoms with E-state index in [9.17, 15) is 0 Å². The summed E-state index contributed by atoms with van der Waals surface area (Å²) in [6.07, 6.45) is 5.29. The molecule has 0 saturated carbocycles. The van der Waals surface area contributed by atoms with Gasteiger partial charge in [0, 0.05) is 13.1 Å². The lowest BCUT2D eigenvalue weighted by molar-refractivity contribution is 0.200. The second-order valence-corrected chi connectivity index (χ2v) is 4.20. The maximum Gasteiger partial charge on any atom is 0.0599 e. The van der Waals surface area contributed by atoms with Crippen molar-refractivity contribution >= 4 is 0 Å². The van der Waals surface area contributed by atoms with Gasteiger partial charge in [0.2, 0.25) is 0 Å².